The zero-order valence-corrected chi connectivity index (χ0v) is 20.4. The maximum atomic E-state index is 10.4. The molecule has 3 rings (SSSR count). The molecule has 1 unspecified atom stereocenters. The number of carbonyl (C=O) groups is 2. The molecule has 1 aromatic heterocycles. The molecule has 0 bridgehead atoms. The summed E-state index contributed by atoms with van der Waals surface area (Å²) in [7, 11) is 0. The molecule has 0 spiro atoms. The van der Waals surface area contributed by atoms with Crippen LogP contribution < -0.4 is 10.1 Å². The molecule has 0 aliphatic carbocycles. The lowest BCUT2D eigenvalue weighted by molar-refractivity contribution is -0.159. The molecule has 3 aromatic rings. The van der Waals surface area contributed by atoms with Gasteiger partial charge < -0.3 is 35.1 Å². The number of benzene rings is 2. The maximum absolute atomic E-state index is 10.4. The highest BCUT2D eigenvalue weighted by Gasteiger charge is 2.14. The van der Waals surface area contributed by atoms with Gasteiger partial charge in [0.05, 0.1) is 18.2 Å². The Morgan fingerprint density at radius 1 is 1.11 bits per heavy atom. The lowest BCUT2D eigenvalue weighted by atomic mass is 10.0. The number of carboxylic acid groups (broad SMARTS) is 2. The number of aliphatic hydroxyl groups excluding tert-OH is 1. The third-order valence-corrected chi connectivity index (χ3v) is 5.29. The monoisotopic (exact) mass is 506 g/mol. The number of H-pyrrole nitrogens is 1. The Hall–Kier alpha value is -3.11. The second-order valence-corrected chi connectivity index (χ2v) is 8.17. The van der Waals surface area contributed by atoms with Crippen molar-refractivity contribution in [2.45, 2.75) is 32.4 Å². The Morgan fingerprint density at radius 3 is 2.49 bits per heavy atom. The lowest BCUT2D eigenvalue weighted by Gasteiger charge is -2.17. The van der Waals surface area contributed by atoms with E-state index in [1.807, 2.05) is 37.4 Å². The minimum absolute atomic E-state index is 0.199. The third-order valence-electron chi connectivity index (χ3n) is 5.05. The van der Waals surface area contributed by atoms with Gasteiger partial charge in [-0.25, -0.2) is 9.59 Å². The topological polar surface area (TPSA) is 141 Å². The van der Waals surface area contributed by atoms with Gasteiger partial charge in [0.1, 0.15) is 12.4 Å². The highest BCUT2D eigenvalue weighted by molar-refractivity contribution is 6.30. The van der Waals surface area contributed by atoms with Crippen molar-refractivity contribution >= 4 is 34.4 Å². The first-order valence-corrected chi connectivity index (χ1v) is 11.5. The Morgan fingerprint density at radius 2 is 1.83 bits per heavy atom. The second kappa shape index (κ2) is 14.3. The predicted octanol–water partition coefficient (Wildman–Crippen LogP) is 3.65. The summed E-state index contributed by atoms with van der Waals surface area (Å²) in [4.78, 5) is 21.5. The van der Waals surface area contributed by atoms with Crippen LogP contribution in [-0.2, 0) is 20.7 Å². The molecule has 0 radical (unpaired) electrons. The number of rotatable bonds is 11. The molecule has 9 nitrogen and oxygen atoms in total. The molecule has 2 aromatic carbocycles. The Bertz CT molecular complexity index is 1090. The zero-order chi connectivity index (χ0) is 25.8. The van der Waals surface area contributed by atoms with Crippen molar-refractivity contribution in [3.63, 3.8) is 0 Å². The Kier molecular flexibility index (Phi) is 11.5. The number of aromatic amines is 1. The summed E-state index contributed by atoms with van der Waals surface area (Å²) in [6.45, 7) is 6.36. The van der Waals surface area contributed by atoms with Crippen LogP contribution in [0.3, 0.4) is 0 Å². The number of ether oxygens (including phenoxy) is 2. The molecule has 5 N–H and O–H groups in total. The summed E-state index contributed by atoms with van der Waals surface area (Å²) in [5, 5.41) is 30.4. The van der Waals surface area contributed by atoms with Crippen molar-refractivity contribution in [2.75, 3.05) is 26.4 Å². The standard InChI is InChI=1S/C23H29ClN2O3.C2H2O4/c1-3-28-10-11-29-22-9-5-8-20-18(14-26-23(20)22)12-16(2)25-15-21(27)17-6-4-7-19(24)13-17;3-1(4)2(5)6/h4-9,13-14,16,21,25-27H,3,10-12,15H2,1-2H3;(H,3,4)(H,5,6)/t16?,21-;/m0./s1. The average Bonchev–Trinajstić information content (AvgIpc) is 3.24. The number of nitrogens with one attached hydrogen (secondary N) is 2. The number of aromatic nitrogens is 1. The van der Waals surface area contributed by atoms with Crippen molar-refractivity contribution < 1.29 is 34.4 Å². The molecule has 190 valence electrons. The van der Waals surface area contributed by atoms with Gasteiger partial charge in [-0.3, -0.25) is 0 Å². The molecule has 0 aliphatic rings. The molecule has 0 saturated heterocycles. The van der Waals surface area contributed by atoms with Crippen LogP contribution in [0.15, 0.2) is 48.7 Å². The van der Waals surface area contributed by atoms with Gasteiger partial charge in [-0.1, -0.05) is 35.9 Å². The number of hydrogen-bond donors (Lipinski definition) is 5. The first-order valence-electron chi connectivity index (χ1n) is 11.2. The van der Waals surface area contributed by atoms with E-state index in [0.717, 1.165) is 28.6 Å². The van der Waals surface area contributed by atoms with E-state index in [2.05, 4.69) is 23.3 Å². The van der Waals surface area contributed by atoms with Crippen LogP contribution in [0.25, 0.3) is 10.9 Å². The maximum Gasteiger partial charge on any atom is 0.414 e. The van der Waals surface area contributed by atoms with Gasteiger partial charge in [0.2, 0.25) is 0 Å². The fourth-order valence-corrected chi connectivity index (χ4v) is 3.57. The van der Waals surface area contributed by atoms with Crippen LogP contribution in [0.1, 0.15) is 31.1 Å². The van der Waals surface area contributed by atoms with Crippen LogP contribution in [0.2, 0.25) is 5.02 Å². The second-order valence-electron chi connectivity index (χ2n) is 7.73. The van der Waals surface area contributed by atoms with Crippen LogP contribution in [0, 0.1) is 0 Å². The van der Waals surface area contributed by atoms with Crippen molar-refractivity contribution in [1.82, 2.24) is 10.3 Å². The largest absolute Gasteiger partial charge is 0.489 e. The quantitative estimate of drug-likeness (QED) is 0.196. The predicted molar refractivity (Wildman–Crippen MR) is 133 cm³/mol. The summed E-state index contributed by atoms with van der Waals surface area (Å²) in [6, 6.07) is 13.6. The lowest BCUT2D eigenvalue weighted by Crippen LogP contribution is -2.32. The van der Waals surface area contributed by atoms with E-state index in [0.29, 0.717) is 31.4 Å². The van der Waals surface area contributed by atoms with E-state index in [4.69, 9.17) is 40.9 Å². The molecule has 1 heterocycles. The third kappa shape index (κ3) is 9.22. The average molecular weight is 507 g/mol. The first-order chi connectivity index (χ1) is 16.7. The van der Waals surface area contributed by atoms with Crippen molar-refractivity contribution in [3.05, 3.63) is 64.8 Å². The molecule has 0 aliphatic heterocycles. The number of aliphatic hydroxyl groups is 1. The number of hydrogen-bond acceptors (Lipinski definition) is 6. The normalized spacial score (nSPS) is 12.5. The highest BCUT2D eigenvalue weighted by Crippen LogP contribution is 2.28. The molecule has 0 saturated carbocycles. The van der Waals surface area contributed by atoms with Gasteiger partial charge in [-0.15, -0.1) is 0 Å². The van der Waals surface area contributed by atoms with Crippen LogP contribution in [0.4, 0.5) is 0 Å². The molecular weight excluding hydrogens is 476 g/mol. The van der Waals surface area contributed by atoms with Gasteiger partial charge in [0, 0.05) is 35.8 Å². The number of para-hydroxylation sites is 1. The first kappa shape index (κ1) is 28.1. The molecule has 0 fully saturated rings. The number of halogens is 1. The van der Waals surface area contributed by atoms with E-state index in [1.54, 1.807) is 12.1 Å². The smallest absolute Gasteiger partial charge is 0.414 e. The Balaban J connectivity index is 0.000000641. The van der Waals surface area contributed by atoms with Gasteiger partial charge in [0.15, 0.2) is 0 Å². The van der Waals surface area contributed by atoms with Gasteiger partial charge in [-0.2, -0.15) is 0 Å². The summed E-state index contributed by atoms with van der Waals surface area (Å²) in [5.74, 6) is -2.81. The fraction of sp³-hybridized carbons (Fsp3) is 0.360. The van der Waals surface area contributed by atoms with Crippen molar-refractivity contribution in [2.24, 2.45) is 0 Å². The number of carboxylic acids is 2. The van der Waals surface area contributed by atoms with E-state index in [9.17, 15) is 5.11 Å². The summed E-state index contributed by atoms with van der Waals surface area (Å²) >= 11 is 6.01. The minimum atomic E-state index is -1.82. The molecule has 0 amide bonds. The van der Waals surface area contributed by atoms with Crippen LogP contribution in [-0.4, -0.2) is 64.6 Å². The Labute approximate surface area is 208 Å². The molecular formula is C25H31ClN2O7. The molecule has 2 atom stereocenters. The van der Waals surface area contributed by atoms with Gasteiger partial charge in [0.25, 0.3) is 0 Å². The summed E-state index contributed by atoms with van der Waals surface area (Å²) in [6.07, 6.45) is 2.28. The zero-order valence-electron chi connectivity index (χ0n) is 19.7. The number of fused-ring (bicyclic) bond motifs is 1. The van der Waals surface area contributed by atoms with E-state index >= 15 is 0 Å². The van der Waals surface area contributed by atoms with E-state index < -0.39 is 18.0 Å². The minimum Gasteiger partial charge on any atom is -0.489 e. The highest BCUT2D eigenvalue weighted by atomic mass is 35.5. The van der Waals surface area contributed by atoms with Gasteiger partial charge in [-0.05, 0) is 49.6 Å². The van der Waals surface area contributed by atoms with Crippen LogP contribution >= 0.6 is 11.6 Å². The van der Waals surface area contributed by atoms with E-state index in [1.165, 1.54) is 5.56 Å². The molecule has 35 heavy (non-hydrogen) atoms. The summed E-state index contributed by atoms with van der Waals surface area (Å²) < 4.78 is 11.2. The SMILES string of the molecule is CCOCCOc1cccc2c(CC(C)NC[C@H](O)c3cccc(Cl)c3)c[nH]c12.O=C(O)C(=O)O. The number of aliphatic carboxylic acids is 2. The molecule has 10 heteroatoms. The van der Waals surface area contributed by atoms with Crippen LogP contribution in [0.5, 0.6) is 5.75 Å². The van der Waals surface area contributed by atoms with Gasteiger partial charge >= 0.3 is 11.9 Å². The van der Waals surface area contributed by atoms with E-state index in [-0.39, 0.29) is 6.04 Å². The van der Waals surface area contributed by atoms with Crippen molar-refractivity contribution in [1.29, 1.82) is 0 Å². The summed E-state index contributed by atoms with van der Waals surface area (Å²) in [5.41, 5.74) is 3.04. The van der Waals surface area contributed by atoms with Crippen molar-refractivity contribution in [3.8, 4) is 5.75 Å². The fourth-order valence-electron chi connectivity index (χ4n) is 3.38.